The molecule has 3 unspecified atom stereocenters. The Morgan fingerprint density at radius 3 is 2.86 bits per heavy atom. The van der Waals surface area contributed by atoms with Crippen molar-refractivity contribution in [3.05, 3.63) is 0 Å². The maximum atomic E-state index is 9.53. The van der Waals surface area contributed by atoms with Crippen LogP contribution in [0.1, 0.15) is 13.8 Å². The van der Waals surface area contributed by atoms with Gasteiger partial charge >= 0.3 is 0 Å². The summed E-state index contributed by atoms with van der Waals surface area (Å²) in [6, 6.07) is -0.230. The van der Waals surface area contributed by atoms with Crippen LogP contribution < -0.4 is 5.32 Å². The number of rotatable bonds is 2. The molecule has 2 aliphatic rings. The highest BCUT2D eigenvalue weighted by Gasteiger charge is 2.50. The zero-order valence-corrected chi connectivity index (χ0v) is 8.43. The van der Waals surface area contributed by atoms with E-state index in [2.05, 4.69) is 5.32 Å². The van der Waals surface area contributed by atoms with Gasteiger partial charge in [-0.1, -0.05) is 0 Å². The van der Waals surface area contributed by atoms with Gasteiger partial charge in [-0.25, -0.2) is 0 Å². The largest absolute Gasteiger partial charge is 0.394 e. The number of hydrogen-bond donors (Lipinski definition) is 3. The summed E-state index contributed by atoms with van der Waals surface area (Å²) in [7, 11) is 0. The molecule has 0 spiro atoms. The highest BCUT2D eigenvalue weighted by Crippen LogP contribution is 2.33. The lowest BCUT2D eigenvalue weighted by Crippen LogP contribution is -2.45. The van der Waals surface area contributed by atoms with Crippen LogP contribution >= 0.6 is 0 Å². The van der Waals surface area contributed by atoms with Crippen molar-refractivity contribution in [1.82, 2.24) is 5.32 Å². The van der Waals surface area contributed by atoms with E-state index in [0.29, 0.717) is 6.54 Å². The molecule has 3 N–H and O–H groups in total. The third-order valence-corrected chi connectivity index (χ3v) is 2.73. The quantitative estimate of drug-likeness (QED) is 0.527. The van der Waals surface area contributed by atoms with Crippen molar-refractivity contribution in [2.45, 2.75) is 44.0 Å². The van der Waals surface area contributed by atoms with E-state index in [1.807, 2.05) is 13.8 Å². The molecule has 82 valence electrons. The van der Waals surface area contributed by atoms with Gasteiger partial charge in [0.25, 0.3) is 0 Å². The van der Waals surface area contributed by atoms with Crippen molar-refractivity contribution >= 4 is 0 Å². The van der Waals surface area contributed by atoms with Crippen LogP contribution in [0.15, 0.2) is 0 Å². The Bertz CT molecular complexity index is 221. The first-order valence-electron chi connectivity index (χ1n) is 4.91. The molecule has 14 heavy (non-hydrogen) atoms. The summed E-state index contributed by atoms with van der Waals surface area (Å²) in [4.78, 5) is 0. The molecule has 0 aromatic rings. The van der Waals surface area contributed by atoms with E-state index >= 15 is 0 Å². The molecule has 0 saturated carbocycles. The summed E-state index contributed by atoms with van der Waals surface area (Å²) in [5.74, 6) is -0.579. The van der Waals surface area contributed by atoms with Gasteiger partial charge in [0.05, 0.1) is 18.8 Å². The van der Waals surface area contributed by atoms with Crippen LogP contribution in [0.3, 0.4) is 0 Å². The monoisotopic (exact) mass is 203 g/mol. The minimum atomic E-state index is -0.789. The van der Waals surface area contributed by atoms with Crippen LogP contribution in [0.25, 0.3) is 0 Å². The zero-order chi connectivity index (χ0) is 10.3. The van der Waals surface area contributed by atoms with E-state index in [-0.39, 0.29) is 24.9 Å². The van der Waals surface area contributed by atoms with E-state index in [9.17, 15) is 5.11 Å². The summed E-state index contributed by atoms with van der Waals surface area (Å²) in [5.41, 5.74) is 0. The van der Waals surface area contributed by atoms with Gasteiger partial charge in [-0.15, -0.1) is 0 Å². The fourth-order valence-corrected chi connectivity index (χ4v) is 2.16. The summed E-state index contributed by atoms with van der Waals surface area (Å²) in [6.07, 6.45) is -0.967. The van der Waals surface area contributed by atoms with E-state index in [0.717, 1.165) is 0 Å². The van der Waals surface area contributed by atoms with Crippen LogP contribution in [0.4, 0.5) is 0 Å². The van der Waals surface area contributed by atoms with Gasteiger partial charge in [0.1, 0.15) is 12.2 Å². The maximum Gasteiger partial charge on any atom is 0.163 e. The van der Waals surface area contributed by atoms with Crippen LogP contribution in [0.5, 0.6) is 0 Å². The van der Waals surface area contributed by atoms with Gasteiger partial charge in [0, 0.05) is 6.54 Å². The van der Waals surface area contributed by atoms with Crippen molar-refractivity contribution in [3.63, 3.8) is 0 Å². The van der Waals surface area contributed by atoms with E-state index < -0.39 is 11.9 Å². The van der Waals surface area contributed by atoms with Gasteiger partial charge in [0.15, 0.2) is 5.79 Å². The lowest BCUT2D eigenvalue weighted by atomic mass is 10.1. The maximum absolute atomic E-state index is 9.53. The minimum absolute atomic E-state index is 0.0174. The molecule has 0 aromatic carbocycles. The first-order chi connectivity index (χ1) is 6.53. The molecule has 0 amide bonds. The molecule has 0 aromatic heterocycles. The summed E-state index contributed by atoms with van der Waals surface area (Å²) in [6.45, 7) is 4.11. The normalized spacial score (nSPS) is 42.4. The van der Waals surface area contributed by atoms with Crippen molar-refractivity contribution in [3.8, 4) is 0 Å². The average molecular weight is 203 g/mol. The van der Waals surface area contributed by atoms with Gasteiger partial charge < -0.3 is 25.0 Å². The van der Waals surface area contributed by atoms with Crippen LogP contribution in [0.2, 0.25) is 0 Å². The van der Waals surface area contributed by atoms with Crippen molar-refractivity contribution < 1.29 is 19.7 Å². The Morgan fingerprint density at radius 2 is 2.21 bits per heavy atom. The number of fused-ring (bicyclic) bond motifs is 1. The fraction of sp³-hybridized carbons (Fsp3) is 1.00. The zero-order valence-electron chi connectivity index (χ0n) is 8.43. The number of hydrogen-bond acceptors (Lipinski definition) is 5. The first kappa shape index (κ1) is 10.3. The van der Waals surface area contributed by atoms with E-state index in [1.165, 1.54) is 0 Å². The smallest absolute Gasteiger partial charge is 0.163 e. The molecule has 0 radical (unpaired) electrons. The van der Waals surface area contributed by atoms with Crippen LogP contribution in [-0.4, -0.2) is 53.5 Å². The highest BCUT2D eigenvalue weighted by molar-refractivity contribution is 5.00. The Labute approximate surface area is 83.0 Å². The van der Waals surface area contributed by atoms with Gasteiger partial charge in [0.2, 0.25) is 0 Å². The predicted molar refractivity (Wildman–Crippen MR) is 48.7 cm³/mol. The number of aliphatic hydroxyl groups excluding tert-OH is 2. The molecule has 2 heterocycles. The number of ether oxygens (including phenoxy) is 2. The fourth-order valence-electron chi connectivity index (χ4n) is 2.16. The molecule has 0 aliphatic carbocycles. The lowest BCUT2D eigenvalue weighted by molar-refractivity contribution is -0.157. The number of nitrogens with one attached hydrogen (secondary N) is 1. The average Bonchev–Trinajstić information content (AvgIpc) is 2.58. The summed E-state index contributed by atoms with van der Waals surface area (Å²) >= 11 is 0. The second-order valence-corrected chi connectivity index (χ2v) is 4.32. The molecule has 5 heteroatoms. The first-order valence-corrected chi connectivity index (χ1v) is 4.91. The highest BCUT2D eigenvalue weighted by atomic mass is 16.8. The van der Waals surface area contributed by atoms with Crippen LogP contribution in [0, 0.1) is 0 Å². The van der Waals surface area contributed by atoms with Crippen molar-refractivity contribution in [2.24, 2.45) is 0 Å². The molecule has 2 saturated heterocycles. The Hall–Kier alpha value is -0.200. The van der Waals surface area contributed by atoms with Gasteiger partial charge in [-0.05, 0) is 13.8 Å². The van der Waals surface area contributed by atoms with E-state index in [1.54, 1.807) is 0 Å². The SMILES string of the molecule is CC1(C)OC2CN[C@@H](C(O)CO)C2O1. The molecule has 4 atom stereocenters. The Balaban J connectivity index is 2.04. The molecule has 2 rings (SSSR count). The van der Waals surface area contributed by atoms with Crippen molar-refractivity contribution in [2.75, 3.05) is 13.2 Å². The standard InChI is InChI=1S/C9H17NO4/c1-9(2)13-6-3-10-7(5(12)4-11)8(6)14-9/h5-8,10-12H,3-4H2,1-2H3/t5?,6?,7-,8?/m0/s1. The van der Waals surface area contributed by atoms with Crippen LogP contribution in [-0.2, 0) is 9.47 Å². The molecule has 0 bridgehead atoms. The summed E-state index contributed by atoms with van der Waals surface area (Å²) < 4.78 is 11.3. The van der Waals surface area contributed by atoms with E-state index in [4.69, 9.17) is 14.6 Å². The minimum Gasteiger partial charge on any atom is -0.394 e. The third kappa shape index (κ3) is 1.66. The molecule has 2 aliphatic heterocycles. The van der Waals surface area contributed by atoms with Crippen molar-refractivity contribution in [1.29, 1.82) is 0 Å². The lowest BCUT2D eigenvalue weighted by Gasteiger charge is -2.24. The molecule has 2 fully saturated rings. The second-order valence-electron chi connectivity index (χ2n) is 4.32. The third-order valence-electron chi connectivity index (χ3n) is 2.73. The summed E-state index contributed by atoms with van der Waals surface area (Å²) in [5, 5.41) is 21.5. The topological polar surface area (TPSA) is 71.0 Å². The second kappa shape index (κ2) is 3.43. The predicted octanol–water partition coefficient (Wildman–Crippen LogP) is -1.17. The number of aliphatic hydroxyl groups is 2. The molecular formula is C9H17NO4. The Morgan fingerprint density at radius 1 is 1.50 bits per heavy atom. The Kier molecular flexibility index (Phi) is 2.53. The molecular weight excluding hydrogens is 186 g/mol. The molecule has 5 nitrogen and oxygen atoms in total. The van der Waals surface area contributed by atoms with Gasteiger partial charge in [-0.2, -0.15) is 0 Å². The van der Waals surface area contributed by atoms with Gasteiger partial charge in [-0.3, -0.25) is 0 Å².